The normalized spacial score (nSPS) is 13.8. The molecule has 0 heterocycles. The minimum Gasteiger partial charge on any atom is -0.462 e. The molecule has 3 N–H and O–H groups in total. The van der Waals surface area contributed by atoms with Crippen molar-refractivity contribution in [2.24, 2.45) is 0 Å². The van der Waals surface area contributed by atoms with Crippen LogP contribution in [0.25, 0.3) is 0 Å². The maximum absolute atomic E-state index is 13.2. The fourth-order valence-electron chi connectivity index (χ4n) is 7.68. The highest BCUT2D eigenvalue weighted by Crippen LogP contribution is 2.18. The molecule has 0 rings (SSSR count). The van der Waals surface area contributed by atoms with E-state index in [0.717, 1.165) is 116 Å². The summed E-state index contributed by atoms with van der Waals surface area (Å²) in [5.41, 5.74) is 0. The molecule has 0 bridgehead atoms. The van der Waals surface area contributed by atoms with Gasteiger partial charge in [-0.3, -0.25) is 9.59 Å². The summed E-state index contributed by atoms with van der Waals surface area (Å²) in [6.45, 7) is 6.24. The molecule has 0 aliphatic rings. The first-order chi connectivity index (χ1) is 30.5. The van der Waals surface area contributed by atoms with Gasteiger partial charge in [-0.1, -0.05) is 229 Å². The zero-order chi connectivity index (χ0) is 45.2. The largest absolute Gasteiger partial charge is 0.462 e. The van der Waals surface area contributed by atoms with Crippen molar-refractivity contribution in [3.8, 4) is 0 Å². The predicted molar refractivity (Wildman–Crippen MR) is 268 cm³/mol. The Hall–Kier alpha value is -2.70. The van der Waals surface area contributed by atoms with Crippen LogP contribution in [0.5, 0.6) is 0 Å². The van der Waals surface area contributed by atoms with E-state index in [1.54, 1.807) is 0 Å². The molecule has 0 spiro atoms. The Kier molecular flexibility index (Phi) is 47.2. The second-order valence-electron chi connectivity index (χ2n) is 17.6. The number of carbonyl (C=O) groups excluding carboxylic acids is 2. The number of rotatable bonds is 46. The topological polar surface area (TPSA) is 95.9 Å². The SMILES string of the molecule is CC/C=C/C=C/C=C/CCCCCCCC(CC(=O)NC(CO)C(O)CCCCCCCCCCCCCCCCCC)OC(=O)CCCCCC/C=C/C/C=C/C/C=C/CC. The van der Waals surface area contributed by atoms with Crippen LogP contribution in [0.2, 0.25) is 0 Å². The second-order valence-corrected chi connectivity index (χ2v) is 17.6. The van der Waals surface area contributed by atoms with Gasteiger partial charge in [0, 0.05) is 6.42 Å². The fraction of sp³-hybridized carbons (Fsp3) is 0.750. The average Bonchev–Trinajstić information content (AvgIpc) is 3.26. The number of allylic oxidation sites excluding steroid dienone is 12. The van der Waals surface area contributed by atoms with Gasteiger partial charge in [-0.05, 0) is 77.0 Å². The number of aliphatic hydroxyl groups is 2. The average molecular weight is 866 g/mol. The molecule has 0 fully saturated rings. The second kappa shape index (κ2) is 49.3. The Morgan fingerprint density at radius 1 is 0.500 bits per heavy atom. The van der Waals surface area contributed by atoms with E-state index in [4.69, 9.17) is 4.74 Å². The maximum Gasteiger partial charge on any atom is 0.306 e. The monoisotopic (exact) mass is 866 g/mol. The van der Waals surface area contributed by atoms with E-state index in [2.05, 4.69) is 99.0 Å². The van der Waals surface area contributed by atoms with Crippen molar-refractivity contribution in [3.63, 3.8) is 0 Å². The molecule has 6 nitrogen and oxygen atoms in total. The lowest BCUT2D eigenvalue weighted by Crippen LogP contribution is -2.46. The first kappa shape index (κ1) is 59.3. The Morgan fingerprint density at radius 2 is 0.952 bits per heavy atom. The molecule has 0 saturated carbocycles. The molecular weight excluding hydrogens is 767 g/mol. The van der Waals surface area contributed by atoms with Gasteiger partial charge in [-0.2, -0.15) is 0 Å². The van der Waals surface area contributed by atoms with E-state index >= 15 is 0 Å². The highest BCUT2D eigenvalue weighted by Gasteiger charge is 2.24. The summed E-state index contributed by atoms with van der Waals surface area (Å²) in [7, 11) is 0. The summed E-state index contributed by atoms with van der Waals surface area (Å²) in [5, 5.41) is 23.8. The number of amides is 1. The summed E-state index contributed by atoms with van der Waals surface area (Å²) in [6, 6.07) is -0.716. The highest BCUT2D eigenvalue weighted by molar-refractivity contribution is 5.77. The molecule has 0 aromatic carbocycles. The van der Waals surface area contributed by atoms with E-state index in [0.29, 0.717) is 19.3 Å². The Labute approximate surface area is 383 Å². The van der Waals surface area contributed by atoms with Crippen LogP contribution in [-0.4, -0.2) is 46.9 Å². The van der Waals surface area contributed by atoms with Crippen LogP contribution in [0.15, 0.2) is 72.9 Å². The van der Waals surface area contributed by atoms with Crippen LogP contribution in [-0.2, 0) is 14.3 Å². The summed E-state index contributed by atoms with van der Waals surface area (Å²) in [5.74, 6) is -0.521. The summed E-state index contributed by atoms with van der Waals surface area (Å²) < 4.78 is 5.91. The Bertz CT molecular complexity index is 1150. The quantitative estimate of drug-likeness (QED) is 0.0245. The lowest BCUT2D eigenvalue weighted by molar-refractivity contribution is -0.151. The zero-order valence-electron chi connectivity index (χ0n) is 40.7. The molecule has 358 valence electrons. The predicted octanol–water partition coefficient (Wildman–Crippen LogP) is 15.8. The summed E-state index contributed by atoms with van der Waals surface area (Å²) in [6.07, 6.45) is 62.5. The van der Waals surface area contributed by atoms with Crippen molar-refractivity contribution in [3.05, 3.63) is 72.9 Å². The van der Waals surface area contributed by atoms with Gasteiger partial charge in [0.2, 0.25) is 5.91 Å². The van der Waals surface area contributed by atoms with Gasteiger partial charge in [0.1, 0.15) is 6.10 Å². The molecule has 0 aromatic rings. The molecule has 0 saturated heterocycles. The van der Waals surface area contributed by atoms with E-state index in [1.807, 2.05) is 0 Å². The molecule has 0 aliphatic heterocycles. The standard InChI is InChI=1S/C56H99NO5/c1-4-7-10-13-16-19-22-25-27-28-30-33-36-39-42-45-48-54(59)53(51-58)57-55(60)50-52(47-44-41-38-35-32-29-24-21-18-15-12-9-6-3)62-56(61)49-46-43-40-37-34-31-26-23-20-17-14-11-8-5-2/h8-9,11-12,15,17-18,20-21,24,26,31,52-54,58-59H,4-7,10,13-14,16,19,22-23,25,27-30,32-51H2,1-3H3,(H,57,60)/b11-8+,12-9+,18-15+,20-17+,24-21+,31-26+. The number of ether oxygens (including phenoxy) is 1. The van der Waals surface area contributed by atoms with Crippen molar-refractivity contribution in [1.29, 1.82) is 0 Å². The first-order valence-corrected chi connectivity index (χ1v) is 26.2. The van der Waals surface area contributed by atoms with Crippen LogP contribution in [0, 0.1) is 0 Å². The Morgan fingerprint density at radius 3 is 1.50 bits per heavy atom. The number of hydrogen-bond acceptors (Lipinski definition) is 5. The molecular formula is C56H99NO5. The van der Waals surface area contributed by atoms with Gasteiger partial charge in [-0.15, -0.1) is 0 Å². The number of aliphatic hydroxyl groups excluding tert-OH is 2. The van der Waals surface area contributed by atoms with E-state index in [9.17, 15) is 19.8 Å². The molecule has 1 amide bonds. The maximum atomic E-state index is 13.2. The number of hydrogen-bond donors (Lipinski definition) is 3. The lowest BCUT2D eigenvalue weighted by atomic mass is 10.0. The van der Waals surface area contributed by atoms with Crippen molar-refractivity contribution < 1.29 is 24.5 Å². The molecule has 0 aromatic heterocycles. The third kappa shape index (κ3) is 43.9. The van der Waals surface area contributed by atoms with Gasteiger partial charge < -0.3 is 20.3 Å². The third-order valence-corrected chi connectivity index (χ3v) is 11.6. The molecule has 3 unspecified atom stereocenters. The smallest absolute Gasteiger partial charge is 0.306 e. The van der Waals surface area contributed by atoms with Crippen molar-refractivity contribution in [2.45, 2.75) is 264 Å². The molecule has 6 heteroatoms. The van der Waals surface area contributed by atoms with E-state index < -0.39 is 18.2 Å². The molecule has 3 atom stereocenters. The highest BCUT2D eigenvalue weighted by atomic mass is 16.5. The first-order valence-electron chi connectivity index (χ1n) is 26.2. The Balaban J connectivity index is 4.59. The van der Waals surface area contributed by atoms with Crippen LogP contribution in [0.3, 0.4) is 0 Å². The lowest BCUT2D eigenvalue weighted by Gasteiger charge is -2.24. The van der Waals surface area contributed by atoms with Crippen LogP contribution in [0.4, 0.5) is 0 Å². The third-order valence-electron chi connectivity index (χ3n) is 11.6. The summed E-state index contributed by atoms with van der Waals surface area (Å²) >= 11 is 0. The number of nitrogens with one attached hydrogen (secondary N) is 1. The van der Waals surface area contributed by atoms with Gasteiger partial charge >= 0.3 is 5.97 Å². The minimum atomic E-state index is -0.800. The van der Waals surface area contributed by atoms with Gasteiger partial charge in [0.15, 0.2) is 0 Å². The number of carbonyl (C=O) groups is 2. The molecule has 0 radical (unpaired) electrons. The van der Waals surface area contributed by atoms with Crippen LogP contribution in [0.1, 0.15) is 245 Å². The molecule has 62 heavy (non-hydrogen) atoms. The van der Waals surface area contributed by atoms with Crippen LogP contribution >= 0.6 is 0 Å². The number of unbranched alkanes of at least 4 members (excludes halogenated alkanes) is 24. The minimum absolute atomic E-state index is 0.0523. The van der Waals surface area contributed by atoms with E-state index in [-0.39, 0.29) is 24.9 Å². The van der Waals surface area contributed by atoms with Crippen molar-refractivity contribution in [1.82, 2.24) is 5.32 Å². The van der Waals surface area contributed by atoms with Gasteiger partial charge in [0.25, 0.3) is 0 Å². The van der Waals surface area contributed by atoms with Gasteiger partial charge in [0.05, 0.1) is 25.2 Å². The number of esters is 1. The zero-order valence-corrected chi connectivity index (χ0v) is 40.7. The fourth-order valence-corrected chi connectivity index (χ4v) is 7.68. The molecule has 0 aliphatic carbocycles. The van der Waals surface area contributed by atoms with Crippen molar-refractivity contribution >= 4 is 11.9 Å². The summed E-state index contributed by atoms with van der Waals surface area (Å²) in [4.78, 5) is 26.1. The van der Waals surface area contributed by atoms with Crippen LogP contribution < -0.4 is 5.32 Å². The van der Waals surface area contributed by atoms with E-state index in [1.165, 1.54) is 83.5 Å². The van der Waals surface area contributed by atoms with Crippen molar-refractivity contribution in [2.75, 3.05) is 6.61 Å². The van der Waals surface area contributed by atoms with Gasteiger partial charge in [-0.25, -0.2) is 0 Å².